The van der Waals surface area contributed by atoms with Gasteiger partial charge >= 0.3 is 6.03 Å². The van der Waals surface area contributed by atoms with E-state index in [-0.39, 0.29) is 30.4 Å². The molecule has 2 heterocycles. The van der Waals surface area contributed by atoms with Gasteiger partial charge in [0.15, 0.2) is 12.1 Å². The molecule has 4 aliphatic carbocycles. The summed E-state index contributed by atoms with van der Waals surface area (Å²) < 4.78 is 19.6. The van der Waals surface area contributed by atoms with Crippen molar-refractivity contribution in [2.75, 3.05) is 11.1 Å². The number of anilines is 1. The molecule has 4 saturated carbocycles. The van der Waals surface area contributed by atoms with Crippen LogP contribution in [0.4, 0.5) is 10.5 Å². The molecule has 272 valence electrons. The van der Waals surface area contributed by atoms with Crippen LogP contribution in [0.25, 0.3) is 22.6 Å². The summed E-state index contributed by atoms with van der Waals surface area (Å²) in [6.45, 7) is -0.0101. The van der Waals surface area contributed by atoms with Gasteiger partial charge in [-0.1, -0.05) is 109 Å². The number of hydrogen-bond acceptors (Lipinski definition) is 7. The minimum absolute atomic E-state index is 0.0101. The third kappa shape index (κ3) is 7.53. The number of ether oxygens (including phenoxy) is 2. The van der Waals surface area contributed by atoms with Crippen molar-refractivity contribution in [3.8, 4) is 22.6 Å². The summed E-state index contributed by atoms with van der Waals surface area (Å²) in [6, 6.07) is 35.8. The molecule has 10 rings (SSSR count). The van der Waals surface area contributed by atoms with Crippen LogP contribution in [0, 0.1) is 17.8 Å². The molecule has 5 fully saturated rings. The zero-order chi connectivity index (χ0) is 35.8. The molecule has 0 radical (unpaired) electrons. The molecular formula is C44H45N3O5S. The molecule has 9 heteroatoms. The van der Waals surface area contributed by atoms with Crippen LogP contribution >= 0.6 is 11.8 Å². The second-order valence-corrected chi connectivity index (χ2v) is 16.4. The smallest absolute Gasteiger partial charge is 0.319 e. The highest BCUT2D eigenvalue weighted by Gasteiger charge is 2.51. The quantitative estimate of drug-likeness (QED) is 0.123. The maximum absolute atomic E-state index is 13.2. The monoisotopic (exact) mass is 727 g/mol. The van der Waals surface area contributed by atoms with E-state index in [1.165, 1.54) is 31.0 Å². The predicted octanol–water partition coefficient (Wildman–Crippen LogP) is 9.93. The number of aromatic nitrogens is 1. The van der Waals surface area contributed by atoms with Crippen LogP contribution < -0.4 is 10.6 Å². The fraction of sp³-hybridized carbons (Fsp3) is 0.364. The van der Waals surface area contributed by atoms with Gasteiger partial charge in [-0.25, -0.2) is 9.78 Å². The summed E-state index contributed by atoms with van der Waals surface area (Å²) in [5.41, 5.74) is 6.23. The molecule has 1 saturated heterocycles. The van der Waals surface area contributed by atoms with Crippen LogP contribution in [0.15, 0.2) is 119 Å². The maximum atomic E-state index is 13.2. The van der Waals surface area contributed by atoms with Gasteiger partial charge in [-0.05, 0) is 79.5 Å². The molecule has 4 bridgehead atoms. The average Bonchev–Trinajstić information content (AvgIpc) is 3.62. The summed E-state index contributed by atoms with van der Waals surface area (Å²) in [6.07, 6.45) is 7.00. The highest BCUT2D eigenvalue weighted by atomic mass is 32.2. The number of thioether (sulfide) groups is 1. The maximum Gasteiger partial charge on any atom is 0.319 e. The van der Waals surface area contributed by atoms with Gasteiger partial charge in [-0.3, -0.25) is 0 Å². The number of carbonyl (C=O) groups is 1. The molecule has 53 heavy (non-hydrogen) atoms. The van der Waals surface area contributed by atoms with E-state index >= 15 is 0 Å². The number of amides is 2. The summed E-state index contributed by atoms with van der Waals surface area (Å²) >= 11 is 1.54. The van der Waals surface area contributed by atoms with Gasteiger partial charge in [0.25, 0.3) is 5.22 Å². The summed E-state index contributed by atoms with van der Waals surface area (Å²) in [7, 11) is 0. The van der Waals surface area contributed by atoms with Gasteiger partial charge in [0, 0.05) is 40.1 Å². The molecule has 2 amide bonds. The van der Waals surface area contributed by atoms with E-state index in [0.29, 0.717) is 17.4 Å². The SMILES string of the molecule is O=C(Nc1ccc([C@@H]2O[C@H](CSc3nc(-c4ccccc4)c(-c4ccccc4)o3)C[C@H](c3ccc(CO)cc3)O2)cc1)NC12CC3CC(CC(C3)C1)C2. The standard InChI is InChI=1S/C44H45N3O5S/c48-26-28-11-13-32(14-12-28)38-22-37(27-53-43-46-39(33-7-3-1-4-8-33)40(52-43)34-9-5-2-6-10-34)50-41(51-38)35-15-17-36(18-16-35)45-42(49)47-44-23-29-19-30(24-44)21-31(20-29)25-44/h1-18,29-31,37-38,41,48H,19-27H2,(H2,45,47,49)/t29?,30?,31?,37-,38+,41+,44?/m0/s1. The third-order valence-corrected chi connectivity index (χ3v) is 12.5. The van der Waals surface area contributed by atoms with Gasteiger partial charge in [0.05, 0.1) is 18.8 Å². The minimum Gasteiger partial charge on any atom is -0.431 e. The molecule has 8 nitrogen and oxygen atoms in total. The zero-order valence-electron chi connectivity index (χ0n) is 29.7. The Morgan fingerprint density at radius 3 is 2.02 bits per heavy atom. The first-order chi connectivity index (χ1) is 26.0. The van der Waals surface area contributed by atoms with Crippen LogP contribution in [0.3, 0.4) is 0 Å². The molecule has 4 aromatic carbocycles. The Hall–Kier alpha value is -4.41. The molecule has 3 atom stereocenters. The third-order valence-electron chi connectivity index (χ3n) is 11.6. The molecule has 5 aromatic rings. The number of urea groups is 1. The Kier molecular flexibility index (Phi) is 9.59. The van der Waals surface area contributed by atoms with Crippen molar-refractivity contribution in [3.05, 3.63) is 126 Å². The number of hydrogen-bond donors (Lipinski definition) is 3. The molecule has 1 aliphatic heterocycles. The van der Waals surface area contributed by atoms with Gasteiger partial charge in [-0.2, -0.15) is 0 Å². The highest BCUT2D eigenvalue weighted by molar-refractivity contribution is 7.99. The number of aliphatic hydroxyl groups excluding tert-OH is 1. The van der Waals surface area contributed by atoms with Crippen molar-refractivity contribution in [3.63, 3.8) is 0 Å². The number of rotatable bonds is 10. The second-order valence-electron chi connectivity index (χ2n) is 15.4. The number of nitrogens with one attached hydrogen (secondary N) is 2. The highest BCUT2D eigenvalue weighted by Crippen LogP contribution is 2.55. The van der Waals surface area contributed by atoms with Gasteiger partial charge in [0.1, 0.15) is 5.69 Å². The second kappa shape index (κ2) is 14.8. The molecule has 3 N–H and O–H groups in total. The lowest BCUT2D eigenvalue weighted by Crippen LogP contribution is -2.60. The molecular weight excluding hydrogens is 683 g/mol. The number of carbonyl (C=O) groups excluding carboxylic acids is 1. The van der Waals surface area contributed by atoms with E-state index < -0.39 is 6.29 Å². The summed E-state index contributed by atoms with van der Waals surface area (Å²) in [5.74, 6) is 3.65. The van der Waals surface area contributed by atoms with Gasteiger partial charge in [0.2, 0.25) is 0 Å². The van der Waals surface area contributed by atoms with Crippen molar-refractivity contribution >= 4 is 23.5 Å². The van der Waals surface area contributed by atoms with E-state index in [1.54, 1.807) is 0 Å². The first kappa shape index (κ1) is 34.4. The lowest BCUT2D eigenvalue weighted by molar-refractivity contribution is -0.245. The average molecular weight is 728 g/mol. The first-order valence-corrected chi connectivity index (χ1v) is 19.9. The van der Waals surface area contributed by atoms with E-state index in [1.807, 2.05) is 109 Å². The lowest BCUT2D eigenvalue weighted by atomic mass is 9.53. The Morgan fingerprint density at radius 2 is 1.38 bits per heavy atom. The Morgan fingerprint density at radius 1 is 0.755 bits per heavy atom. The number of oxazole rings is 1. The molecule has 1 aromatic heterocycles. The normalized spacial score (nSPS) is 27.4. The molecule has 5 aliphatic rings. The van der Waals surface area contributed by atoms with Crippen LogP contribution in [0.2, 0.25) is 0 Å². The van der Waals surface area contributed by atoms with Crippen molar-refractivity contribution < 1.29 is 23.8 Å². The van der Waals surface area contributed by atoms with Crippen molar-refractivity contribution in [1.29, 1.82) is 0 Å². The predicted molar refractivity (Wildman–Crippen MR) is 206 cm³/mol. The number of benzene rings is 4. The fourth-order valence-corrected chi connectivity index (χ4v) is 10.4. The van der Waals surface area contributed by atoms with Crippen LogP contribution in [0.1, 0.15) is 74.0 Å². The lowest BCUT2D eigenvalue weighted by Gasteiger charge is -2.56. The fourth-order valence-electron chi connectivity index (χ4n) is 9.52. The van der Waals surface area contributed by atoms with Gasteiger partial charge in [-0.15, -0.1) is 0 Å². The number of nitrogens with zero attached hydrogens (tertiary/aromatic N) is 1. The van der Waals surface area contributed by atoms with Crippen LogP contribution in [0.5, 0.6) is 0 Å². The summed E-state index contributed by atoms with van der Waals surface area (Å²) in [5, 5.41) is 16.7. The Labute approximate surface area is 314 Å². The summed E-state index contributed by atoms with van der Waals surface area (Å²) in [4.78, 5) is 18.2. The van der Waals surface area contributed by atoms with Crippen molar-refractivity contribution in [2.45, 2.75) is 80.8 Å². The number of aliphatic hydroxyl groups is 1. The largest absolute Gasteiger partial charge is 0.431 e. The Bertz CT molecular complexity index is 1930. The van der Waals surface area contributed by atoms with E-state index in [9.17, 15) is 9.90 Å². The zero-order valence-corrected chi connectivity index (χ0v) is 30.5. The molecule has 0 spiro atoms. The van der Waals surface area contributed by atoms with E-state index in [0.717, 1.165) is 82.0 Å². The Balaban J connectivity index is 0.906. The molecule has 0 unspecified atom stereocenters. The van der Waals surface area contributed by atoms with Gasteiger partial charge < -0.3 is 29.6 Å². The minimum atomic E-state index is -0.615. The van der Waals surface area contributed by atoms with Crippen LogP contribution in [-0.2, 0) is 16.1 Å². The van der Waals surface area contributed by atoms with E-state index in [2.05, 4.69) is 10.6 Å². The topological polar surface area (TPSA) is 106 Å². The first-order valence-electron chi connectivity index (χ1n) is 18.9. The van der Waals surface area contributed by atoms with Crippen molar-refractivity contribution in [1.82, 2.24) is 10.3 Å². The van der Waals surface area contributed by atoms with Crippen LogP contribution in [-0.4, -0.2) is 33.5 Å². The van der Waals surface area contributed by atoms with Crippen molar-refractivity contribution in [2.24, 2.45) is 17.8 Å². The van der Waals surface area contributed by atoms with E-state index in [4.69, 9.17) is 18.9 Å².